The first kappa shape index (κ1) is 30.3. The highest BCUT2D eigenvalue weighted by molar-refractivity contribution is 6.30. The standard InChI is InChI=1S/C31H33ClN8O5/c1-3-23-27(37-11-13-38(14-12-37)29(43)26-24(41)5-4-10-33-26)30(44)40-31(35-28(36-40)20-8-15-45-16-9-20)39(23)18-25(42)34-22-7-6-21(32)17-19(22)2/h4-8,10,17,41H,3,9,11-16,18H2,1-2H3,(H,34,42). The van der Waals surface area contributed by atoms with Crippen LogP contribution in [-0.2, 0) is 22.5 Å². The van der Waals surface area contributed by atoms with Crippen LogP contribution >= 0.6 is 11.6 Å². The lowest BCUT2D eigenvalue weighted by molar-refractivity contribution is -0.116. The van der Waals surface area contributed by atoms with Crippen molar-refractivity contribution in [2.24, 2.45) is 0 Å². The first-order chi connectivity index (χ1) is 21.7. The maximum atomic E-state index is 14.1. The van der Waals surface area contributed by atoms with Gasteiger partial charge in [0.1, 0.15) is 18.0 Å². The van der Waals surface area contributed by atoms with Crippen molar-refractivity contribution in [2.45, 2.75) is 33.2 Å². The second-order valence-electron chi connectivity index (χ2n) is 10.9. The van der Waals surface area contributed by atoms with Gasteiger partial charge in [-0.15, -0.1) is 5.10 Å². The molecule has 13 nitrogen and oxygen atoms in total. The maximum Gasteiger partial charge on any atom is 0.299 e. The molecular weight excluding hydrogens is 600 g/mol. The Labute approximate surface area is 263 Å². The van der Waals surface area contributed by atoms with Crippen LogP contribution in [0.1, 0.15) is 40.9 Å². The molecule has 0 atom stereocenters. The van der Waals surface area contributed by atoms with Crippen LogP contribution in [0, 0.1) is 6.92 Å². The first-order valence-corrected chi connectivity index (χ1v) is 15.2. The van der Waals surface area contributed by atoms with E-state index in [-0.39, 0.29) is 41.1 Å². The molecule has 0 radical (unpaired) electrons. The molecule has 1 fully saturated rings. The molecule has 2 aliphatic rings. The molecule has 14 heteroatoms. The van der Waals surface area contributed by atoms with Crippen molar-refractivity contribution in [3.05, 3.63) is 80.8 Å². The fraction of sp³-hybridized carbons (Fsp3) is 0.355. The number of pyridine rings is 1. The van der Waals surface area contributed by atoms with Crippen LogP contribution in [0.3, 0.4) is 0 Å². The van der Waals surface area contributed by atoms with Crippen LogP contribution in [0.15, 0.2) is 47.4 Å². The lowest BCUT2D eigenvalue weighted by Gasteiger charge is -2.36. The number of piperazine rings is 1. The quantitative estimate of drug-likeness (QED) is 0.314. The smallest absolute Gasteiger partial charge is 0.299 e. The molecule has 1 saturated heterocycles. The Hall–Kier alpha value is -4.75. The van der Waals surface area contributed by atoms with Crippen molar-refractivity contribution in [2.75, 3.05) is 49.6 Å². The van der Waals surface area contributed by atoms with Crippen LogP contribution in [0.5, 0.6) is 5.75 Å². The molecule has 6 rings (SSSR count). The normalized spacial score (nSPS) is 15.3. The first-order valence-electron chi connectivity index (χ1n) is 14.8. The number of halogens is 1. The Kier molecular flexibility index (Phi) is 8.55. The molecule has 4 aromatic rings. The summed E-state index contributed by atoms with van der Waals surface area (Å²) >= 11 is 6.11. The number of rotatable bonds is 7. The number of hydrogen-bond donors (Lipinski definition) is 2. The van der Waals surface area contributed by atoms with Crippen molar-refractivity contribution < 1.29 is 19.4 Å². The Morgan fingerprint density at radius 1 is 1.16 bits per heavy atom. The zero-order valence-corrected chi connectivity index (χ0v) is 25.8. The second kappa shape index (κ2) is 12.7. The van der Waals surface area contributed by atoms with E-state index in [9.17, 15) is 19.5 Å². The highest BCUT2D eigenvalue weighted by atomic mass is 35.5. The summed E-state index contributed by atoms with van der Waals surface area (Å²) in [5.41, 5.74) is 3.02. The number of fused-ring (bicyclic) bond motifs is 1. The summed E-state index contributed by atoms with van der Waals surface area (Å²) in [5.74, 6) is -0.170. The van der Waals surface area contributed by atoms with Gasteiger partial charge in [-0.25, -0.2) is 4.98 Å². The maximum absolute atomic E-state index is 14.1. The van der Waals surface area contributed by atoms with E-state index in [1.54, 1.807) is 33.7 Å². The summed E-state index contributed by atoms with van der Waals surface area (Å²) in [5, 5.41) is 18.3. The predicted molar refractivity (Wildman–Crippen MR) is 169 cm³/mol. The number of hydrogen-bond acceptors (Lipinski definition) is 9. The third-order valence-corrected chi connectivity index (χ3v) is 8.28. The number of carbonyl (C=O) groups excluding carboxylic acids is 2. The van der Waals surface area contributed by atoms with Gasteiger partial charge >= 0.3 is 0 Å². The molecule has 45 heavy (non-hydrogen) atoms. The Balaban J connectivity index is 1.36. The number of anilines is 2. The summed E-state index contributed by atoms with van der Waals surface area (Å²) < 4.78 is 8.46. The van der Waals surface area contributed by atoms with E-state index in [1.807, 2.05) is 24.8 Å². The number of aromatic hydroxyl groups is 1. The van der Waals surface area contributed by atoms with Gasteiger partial charge in [0.05, 0.1) is 18.9 Å². The minimum atomic E-state index is -0.379. The van der Waals surface area contributed by atoms with E-state index >= 15 is 0 Å². The summed E-state index contributed by atoms with van der Waals surface area (Å²) in [7, 11) is 0. The summed E-state index contributed by atoms with van der Waals surface area (Å²) in [6, 6.07) is 8.22. The zero-order chi connectivity index (χ0) is 31.7. The lowest BCUT2D eigenvalue weighted by Crippen LogP contribution is -2.51. The fourth-order valence-electron chi connectivity index (χ4n) is 5.74. The molecule has 1 aromatic carbocycles. The molecule has 0 bridgehead atoms. The average Bonchev–Trinajstić information content (AvgIpc) is 3.50. The minimum Gasteiger partial charge on any atom is -0.505 e. The van der Waals surface area contributed by atoms with Gasteiger partial charge < -0.3 is 29.5 Å². The van der Waals surface area contributed by atoms with Gasteiger partial charge in [0.15, 0.2) is 11.5 Å². The van der Waals surface area contributed by atoms with Crippen LogP contribution in [0.2, 0.25) is 5.02 Å². The highest BCUT2D eigenvalue weighted by Crippen LogP contribution is 2.25. The molecule has 234 valence electrons. The van der Waals surface area contributed by atoms with E-state index in [1.165, 1.54) is 16.8 Å². The lowest BCUT2D eigenvalue weighted by atomic mass is 10.1. The van der Waals surface area contributed by atoms with Crippen molar-refractivity contribution in [3.63, 3.8) is 0 Å². The number of benzene rings is 1. The monoisotopic (exact) mass is 632 g/mol. The largest absolute Gasteiger partial charge is 0.505 e. The van der Waals surface area contributed by atoms with Crippen LogP contribution in [0.25, 0.3) is 11.4 Å². The molecule has 3 aromatic heterocycles. The van der Waals surface area contributed by atoms with E-state index in [2.05, 4.69) is 15.4 Å². The molecule has 0 saturated carbocycles. The highest BCUT2D eigenvalue weighted by Gasteiger charge is 2.30. The van der Waals surface area contributed by atoms with Gasteiger partial charge in [0, 0.05) is 43.1 Å². The predicted octanol–water partition coefficient (Wildman–Crippen LogP) is 2.92. The van der Waals surface area contributed by atoms with Gasteiger partial charge in [-0.2, -0.15) is 9.50 Å². The van der Waals surface area contributed by atoms with Gasteiger partial charge in [-0.05, 0) is 61.2 Å². The SMILES string of the molecule is CCc1c(N2CCN(C(=O)c3ncccc3O)CC2)c(=O)n2nc(C3=CCOCC3)nc2n1CC(=O)Nc1ccc(Cl)cc1C. The zero-order valence-electron chi connectivity index (χ0n) is 25.0. The summed E-state index contributed by atoms with van der Waals surface area (Å²) in [6.07, 6.45) is 4.41. The number of nitrogens with one attached hydrogen (secondary N) is 1. The third kappa shape index (κ3) is 6.00. The molecule has 5 heterocycles. The number of carbonyl (C=O) groups is 2. The number of ether oxygens (including phenoxy) is 1. The third-order valence-electron chi connectivity index (χ3n) is 8.05. The van der Waals surface area contributed by atoms with Crippen molar-refractivity contribution in [1.82, 2.24) is 29.0 Å². The summed E-state index contributed by atoms with van der Waals surface area (Å²) in [4.78, 5) is 53.0. The number of amides is 2. The minimum absolute atomic E-state index is 0.0107. The molecule has 2 N–H and O–H groups in total. The Bertz CT molecular complexity index is 1880. The molecule has 0 aliphatic carbocycles. The van der Waals surface area contributed by atoms with Gasteiger partial charge in [-0.1, -0.05) is 24.6 Å². The Morgan fingerprint density at radius 2 is 1.96 bits per heavy atom. The second-order valence-corrected chi connectivity index (χ2v) is 11.3. The topological polar surface area (TPSA) is 147 Å². The van der Waals surface area contributed by atoms with Crippen LogP contribution < -0.4 is 15.8 Å². The number of nitrogens with zero attached hydrogens (tertiary/aromatic N) is 7. The van der Waals surface area contributed by atoms with E-state index in [0.717, 1.165) is 11.1 Å². The summed E-state index contributed by atoms with van der Waals surface area (Å²) in [6.45, 7) is 5.96. The van der Waals surface area contributed by atoms with Gasteiger partial charge in [0.25, 0.3) is 11.5 Å². The number of aryl methyl sites for hydroxylation is 1. The molecule has 0 spiro atoms. The molecule has 2 amide bonds. The van der Waals surface area contributed by atoms with Crippen molar-refractivity contribution >= 4 is 46.1 Å². The van der Waals surface area contributed by atoms with Crippen molar-refractivity contribution in [3.8, 4) is 5.75 Å². The molecule has 0 unspecified atom stereocenters. The van der Waals surface area contributed by atoms with Crippen LogP contribution in [0.4, 0.5) is 11.4 Å². The Morgan fingerprint density at radius 3 is 2.64 bits per heavy atom. The average molecular weight is 633 g/mol. The van der Waals surface area contributed by atoms with Crippen LogP contribution in [-0.4, -0.2) is 85.4 Å². The molecular formula is C31H33ClN8O5. The van der Waals surface area contributed by atoms with Gasteiger partial charge in [0.2, 0.25) is 11.7 Å². The van der Waals surface area contributed by atoms with E-state index in [4.69, 9.17) is 21.3 Å². The fourth-order valence-corrected chi connectivity index (χ4v) is 5.97. The van der Waals surface area contributed by atoms with E-state index < -0.39 is 0 Å². The molecule has 2 aliphatic heterocycles. The van der Waals surface area contributed by atoms with E-state index in [0.29, 0.717) is 80.2 Å². The number of aromatic nitrogens is 5. The van der Waals surface area contributed by atoms with Crippen molar-refractivity contribution in [1.29, 1.82) is 0 Å². The van der Waals surface area contributed by atoms with Gasteiger partial charge in [-0.3, -0.25) is 14.4 Å².